The van der Waals surface area contributed by atoms with Gasteiger partial charge in [0.15, 0.2) is 6.61 Å². The molecular formula is C29H27N3O4. The first-order chi connectivity index (χ1) is 17.4. The molecule has 0 spiro atoms. The van der Waals surface area contributed by atoms with Gasteiger partial charge in [0.25, 0.3) is 11.8 Å². The number of anilines is 1. The summed E-state index contributed by atoms with van der Waals surface area (Å²) >= 11 is 0. The summed E-state index contributed by atoms with van der Waals surface area (Å²) in [6.07, 6.45) is 9.29. The second kappa shape index (κ2) is 8.63. The summed E-state index contributed by atoms with van der Waals surface area (Å²) in [5, 5.41) is 10.9. The van der Waals surface area contributed by atoms with Crippen LogP contribution in [0.4, 0.5) is 10.5 Å². The Bertz CT molecular complexity index is 1270. The second-order valence-electron chi connectivity index (χ2n) is 10.7. The summed E-state index contributed by atoms with van der Waals surface area (Å²) in [6.45, 7) is -0.0694. The van der Waals surface area contributed by atoms with Gasteiger partial charge in [-0.05, 0) is 103 Å². The van der Waals surface area contributed by atoms with Crippen molar-refractivity contribution in [2.45, 2.75) is 43.9 Å². The maximum atomic E-state index is 13.3. The van der Waals surface area contributed by atoms with E-state index in [1.165, 1.54) is 50.2 Å². The van der Waals surface area contributed by atoms with Gasteiger partial charge in [0.1, 0.15) is 17.4 Å². The third kappa shape index (κ3) is 3.87. The summed E-state index contributed by atoms with van der Waals surface area (Å²) < 4.78 is 5.24. The first-order valence-electron chi connectivity index (χ1n) is 12.6. The minimum absolute atomic E-state index is 0.0694. The Hall–Kier alpha value is -3.92. The van der Waals surface area contributed by atoms with Crippen LogP contribution in [-0.2, 0) is 15.0 Å². The van der Waals surface area contributed by atoms with Gasteiger partial charge in [0, 0.05) is 0 Å². The molecule has 5 fully saturated rings. The summed E-state index contributed by atoms with van der Waals surface area (Å²) in [5.41, 5.74) is 2.46. The molecule has 0 aromatic heterocycles. The zero-order chi connectivity index (χ0) is 24.9. The number of barbiturate groups is 1. The van der Waals surface area contributed by atoms with Gasteiger partial charge in [-0.3, -0.25) is 14.9 Å². The molecule has 1 saturated heterocycles. The lowest BCUT2D eigenvalue weighted by Gasteiger charge is -2.57. The van der Waals surface area contributed by atoms with Gasteiger partial charge in [-0.15, -0.1) is 0 Å². The van der Waals surface area contributed by atoms with Crippen LogP contribution >= 0.6 is 0 Å². The normalized spacial score (nSPS) is 29.9. The molecule has 7 heteroatoms. The van der Waals surface area contributed by atoms with Crippen LogP contribution in [0.1, 0.15) is 49.7 Å². The molecule has 2 aromatic carbocycles. The maximum Gasteiger partial charge on any atom is 0.335 e. The molecule has 182 valence electrons. The number of urea groups is 1. The van der Waals surface area contributed by atoms with Crippen molar-refractivity contribution in [1.82, 2.24) is 5.32 Å². The van der Waals surface area contributed by atoms with Gasteiger partial charge in [0.05, 0.1) is 5.69 Å². The molecule has 36 heavy (non-hydrogen) atoms. The minimum Gasteiger partial charge on any atom is -0.479 e. The number of carbonyl (C=O) groups excluding carboxylic acids is 3. The van der Waals surface area contributed by atoms with E-state index in [2.05, 4.69) is 17.4 Å². The van der Waals surface area contributed by atoms with E-state index in [-0.39, 0.29) is 17.6 Å². The standard InChI is InChI=1S/C29H27N3O4/c30-9-10-36-24-7-1-18(2-8-24)14-25-26(33)31-28(35)32(27(25)34)23-5-3-22(4-6-23)29-15-19-11-20(16-29)13-21(12-19)17-29/h1-8,14,19-21H,10-13,15-17H2,(H,31,33,35)/b25-14+. The molecule has 0 atom stereocenters. The molecule has 0 unspecified atom stereocenters. The fraction of sp³-hybridized carbons (Fsp3) is 0.379. The van der Waals surface area contributed by atoms with Crippen LogP contribution in [-0.4, -0.2) is 24.5 Å². The number of nitriles is 1. The number of imide groups is 2. The highest BCUT2D eigenvalue weighted by molar-refractivity contribution is 6.39. The number of hydrogen-bond acceptors (Lipinski definition) is 5. The first kappa shape index (κ1) is 22.5. The van der Waals surface area contributed by atoms with Crippen molar-refractivity contribution in [3.8, 4) is 11.8 Å². The number of rotatable bonds is 5. The van der Waals surface area contributed by atoms with Crippen molar-refractivity contribution in [3.63, 3.8) is 0 Å². The van der Waals surface area contributed by atoms with E-state index in [1.807, 2.05) is 18.2 Å². The molecule has 4 saturated carbocycles. The molecule has 7 rings (SSSR count). The van der Waals surface area contributed by atoms with Crippen LogP contribution < -0.4 is 15.0 Å². The van der Waals surface area contributed by atoms with E-state index in [1.54, 1.807) is 24.3 Å². The molecule has 4 bridgehead atoms. The Morgan fingerprint density at radius 2 is 1.56 bits per heavy atom. The Morgan fingerprint density at radius 1 is 0.944 bits per heavy atom. The highest BCUT2D eigenvalue weighted by Gasteiger charge is 2.51. The van der Waals surface area contributed by atoms with Crippen molar-refractivity contribution in [2.24, 2.45) is 17.8 Å². The fourth-order valence-electron chi connectivity index (χ4n) is 7.26. The molecule has 5 aliphatic rings. The van der Waals surface area contributed by atoms with Gasteiger partial charge in [0.2, 0.25) is 0 Å². The van der Waals surface area contributed by atoms with E-state index >= 15 is 0 Å². The van der Waals surface area contributed by atoms with Crippen LogP contribution in [0.15, 0.2) is 54.1 Å². The Kier molecular flexibility index (Phi) is 5.40. The van der Waals surface area contributed by atoms with Crippen LogP contribution in [0.2, 0.25) is 0 Å². The molecular weight excluding hydrogens is 454 g/mol. The van der Waals surface area contributed by atoms with E-state index in [4.69, 9.17) is 10.00 Å². The minimum atomic E-state index is -0.745. The van der Waals surface area contributed by atoms with E-state index in [0.29, 0.717) is 17.0 Å². The molecule has 1 aliphatic heterocycles. The molecule has 1 heterocycles. The molecule has 4 amide bonds. The van der Waals surface area contributed by atoms with Gasteiger partial charge in [-0.1, -0.05) is 24.3 Å². The Balaban J connectivity index is 1.24. The average molecular weight is 482 g/mol. The molecule has 4 aliphatic carbocycles. The number of amides is 4. The number of benzene rings is 2. The van der Waals surface area contributed by atoms with Crippen LogP contribution in [0.25, 0.3) is 6.08 Å². The van der Waals surface area contributed by atoms with Crippen molar-refractivity contribution in [1.29, 1.82) is 5.26 Å². The van der Waals surface area contributed by atoms with Crippen molar-refractivity contribution in [3.05, 3.63) is 65.2 Å². The lowest BCUT2D eigenvalue weighted by atomic mass is 9.48. The number of hydrogen-bond donors (Lipinski definition) is 1. The number of nitrogens with zero attached hydrogens (tertiary/aromatic N) is 2. The summed E-state index contributed by atoms with van der Waals surface area (Å²) in [6, 6.07) is 15.6. The van der Waals surface area contributed by atoms with Crippen LogP contribution in [0.3, 0.4) is 0 Å². The van der Waals surface area contributed by atoms with Crippen LogP contribution in [0, 0.1) is 29.1 Å². The van der Waals surface area contributed by atoms with Gasteiger partial charge >= 0.3 is 6.03 Å². The molecule has 7 nitrogen and oxygen atoms in total. The monoisotopic (exact) mass is 481 g/mol. The molecule has 1 N–H and O–H groups in total. The lowest BCUT2D eigenvalue weighted by molar-refractivity contribution is -0.122. The highest BCUT2D eigenvalue weighted by atomic mass is 16.5. The third-order valence-electron chi connectivity index (χ3n) is 8.37. The largest absolute Gasteiger partial charge is 0.479 e. The third-order valence-corrected chi connectivity index (χ3v) is 8.37. The lowest BCUT2D eigenvalue weighted by Crippen LogP contribution is -2.54. The van der Waals surface area contributed by atoms with Crippen molar-refractivity contribution in [2.75, 3.05) is 11.5 Å². The first-order valence-corrected chi connectivity index (χ1v) is 12.6. The second-order valence-corrected chi connectivity index (χ2v) is 10.7. The molecule has 0 radical (unpaired) electrons. The van der Waals surface area contributed by atoms with Crippen LogP contribution in [0.5, 0.6) is 5.75 Å². The van der Waals surface area contributed by atoms with Gasteiger partial charge < -0.3 is 4.74 Å². The van der Waals surface area contributed by atoms with E-state index < -0.39 is 17.8 Å². The summed E-state index contributed by atoms with van der Waals surface area (Å²) in [5.74, 6) is 1.62. The highest BCUT2D eigenvalue weighted by Crippen LogP contribution is 2.60. The van der Waals surface area contributed by atoms with E-state index in [9.17, 15) is 14.4 Å². The number of ether oxygens (including phenoxy) is 1. The predicted molar refractivity (Wildman–Crippen MR) is 133 cm³/mol. The quantitative estimate of drug-likeness (QED) is 0.492. The topological polar surface area (TPSA) is 99.5 Å². The summed E-state index contributed by atoms with van der Waals surface area (Å²) in [7, 11) is 0. The zero-order valence-electron chi connectivity index (χ0n) is 19.9. The fourth-order valence-corrected chi connectivity index (χ4v) is 7.26. The smallest absolute Gasteiger partial charge is 0.335 e. The van der Waals surface area contributed by atoms with Crippen molar-refractivity contribution < 1.29 is 19.1 Å². The number of carbonyl (C=O) groups is 3. The zero-order valence-corrected chi connectivity index (χ0v) is 19.9. The van der Waals surface area contributed by atoms with Crippen molar-refractivity contribution >= 4 is 29.6 Å². The average Bonchev–Trinajstić information content (AvgIpc) is 2.85. The predicted octanol–water partition coefficient (Wildman–Crippen LogP) is 4.72. The van der Waals surface area contributed by atoms with Gasteiger partial charge in [-0.2, -0.15) is 5.26 Å². The van der Waals surface area contributed by atoms with E-state index in [0.717, 1.165) is 22.7 Å². The summed E-state index contributed by atoms with van der Waals surface area (Å²) in [4.78, 5) is 39.5. The Morgan fingerprint density at radius 3 is 2.14 bits per heavy atom. The molecule has 2 aromatic rings. The Labute approximate surface area is 209 Å². The van der Waals surface area contributed by atoms with Gasteiger partial charge in [-0.25, -0.2) is 9.69 Å². The number of nitrogens with one attached hydrogen (secondary N) is 1. The SMILES string of the molecule is N#CCOc1ccc(/C=C2\C(=O)NC(=O)N(c3ccc(C45CC6CC(CC(C6)C4)C5)cc3)C2=O)cc1. The maximum absolute atomic E-state index is 13.3.